The van der Waals surface area contributed by atoms with Crippen molar-refractivity contribution >= 4 is 28.8 Å². The van der Waals surface area contributed by atoms with Gasteiger partial charge in [0, 0.05) is 23.9 Å². The third kappa shape index (κ3) is 5.11. The van der Waals surface area contributed by atoms with E-state index < -0.39 is 23.7 Å². The van der Waals surface area contributed by atoms with Crippen LogP contribution in [0.4, 0.5) is 10.2 Å². The van der Waals surface area contributed by atoms with Gasteiger partial charge in [-0.05, 0) is 51.5 Å². The van der Waals surface area contributed by atoms with E-state index in [1.165, 1.54) is 6.07 Å². The van der Waals surface area contributed by atoms with Crippen LogP contribution in [0.25, 0.3) is 5.52 Å². The van der Waals surface area contributed by atoms with Crippen molar-refractivity contribution in [2.45, 2.75) is 52.7 Å². The number of nitrogens with two attached hydrogens (primary N) is 1. The molecule has 2 aromatic carbocycles. The quantitative estimate of drug-likeness (QED) is 0.291. The summed E-state index contributed by atoms with van der Waals surface area (Å²) in [5.41, 5.74) is 8.57. The van der Waals surface area contributed by atoms with Gasteiger partial charge in [-0.15, -0.1) is 0 Å². The van der Waals surface area contributed by atoms with Gasteiger partial charge in [0.15, 0.2) is 5.82 Å². The smallest absolute Gasteiger partial charge is 0.258 e. The maximum absolute atomic E-state index is 15.5. The van der Waals surface area contributed by atoms with Crippen LogP contribution in [0.2, 0.25) is 5.02 Å². The first-order valence-corrected chi connectivity index (χ1v) is 12.6. The predicted octanol–water partition coefficient (Wildman–Crippen LogP) is 5.85. The van der Waals surface area contributed by atoms with Crippen LogP contribution in [-0.2, 0) is 0 Å². The van der Waals surface area contributed by atoms with E-state index in [0.29, 0.717) is 34.2 Å². The van der Waals surface area contributed by atoms with E-state index in [1.807, 2.05) is 51.2 Å². The van der Waals surface area contributed by atoms with Crippen molar-refractivity contribution in [3.63, 3.8) is 0 Å². The van der Waals surface area contributed by atoms with Crippen LogP contribution in [0, 0.1) is 12.7 Å². The number of carbonyl (C=O) groups is 1. The van der Waals surface area contributed by atoms with Crippen molar-refractivity contribution in [3.8, 4) is 11.5 Å². The molecule has 0 bridgehead atoms. The largest absolute Gasteiger partial charge is 0.497 e. The Labute approximate surface area is 225 Å². The lowest BCUT2D eigenvalue weighted by atomic mass is 9.95. The van der Waals surface area contributed by atoms with Gasteiger partial charge in [0.1, 0.15) is 34.2 Å². The van der Waals surface area contributed by atoms with Crippen molar-refractivity contribution in [2.24, 2.45) is 0 Å². The molecule has 2 heterocycles. The maximum Gasteiger partial charge on any atom is 0.258 e. The van der Waals surface area contributed by atoms with E-state index in [1.54, 1.807) is 31.6 Å². The Kier molecular flexibility index (Phi) is 7.78. The summed E-state index contributed by atoms with van der Waals surface area (Å²) < 4.78 is 28.7. The number of amides is 1. The second-order valence-electron chi connectivity index (χ2n) is 9.41. The molecule has 0 aliphatic carbocycles. The first kappa shape index (κ1) is 27.2. The molecule has 0 aliphatic heterocycles. The van der Waals surface area contributed by atoms with E-state index in [-0.39, 0.29) is 22.4 Å². The first-order valence-electron chi connectivity index (χ1n) is 12.3. The number of halogens is 2. The summed E-state index contributed by atoms with van der Waals surface area (Å²) in [6, 6.07) is 8.33. The summed E-state index contributed by atoms with van der Waals surface area (Å²) in [6.45, 7) is 9.16. The lowest BCUT2D eigenvalue weighted by molar-refractivity contribution is 0.0929. The Hall–Kier alpha value is -3.85. The van der Waals surface area contributed by atoms with E-state index >= 15 is 4.39 Å². The van der Waals surface area contributed by atoms with Gasteiger partial charge in [0.2, 0.25) is 0 Å². The topological polar surface area (TPSA) is 104 Å². The fourth-order valence-electron chi connectivity index (χ4n) is 4.47. The van der Waals surface area contributed by atoms with Crippen molar-refractivity contribution in [1.82, 2.24) is 19.7 Å². The molecule has 8 nitrogen and oxygen atoms in total. The summed E-state index contributed by atoms with van der Waals surface area (Å²) in [5.74, 6) is -0.148. The maximum atomic E-state index is 15.5. The molecule has 10 heteroatoms. The van der Waals surface area contributed by atoms with E-state index in [0.717, 1.165) is 5.56 Å². The molecule has 0 fully saturated rings. The average molecular weight is 540 g/mol. The summed E-state index contributed by atoms with van der Waals surface area (Å²) in [7, 11) is 1.58. The zero-order chi connectivity index (χ0) is 27.7. The summed E-state index contributed by atoms with van der Waals surface area (Å²) in [6.07, 6.45) is 3.00. The molecule has 1 amide bonds. The van der Waals surface area contributed by atoms with Crippen LogP contribution >= 0.6 is 11.6 Å². The number of aromatic nitrogens is 3. The van der Waals surface area contributed by atoms with Crippen LogP contribution in [0.1, 0.15) is 72.7 Å². The normalized spacial score (nSPS) is 13.0. The number of hydrogen-bond acceptors (Lipinski definition) is 6. The minimum Gasteiger partial charge on any atom is -0.497 e. The lowest BCUT2D eigenvalue weighted by Crippen LogP contribution is -2.29. The fourth-order valence-corrected chi connectivity index (χ4v) is 4.69. The molecule has 0 spiro atoms. The third-order valence-corrected chi connectivity index (χ3v) is 6.66. The zero-order valence-corrected chi connectivity index (χ0v) is 22.9. The van der Waals surface area contributed by atoms with Crippen LogP contribution in [0.15, 0.2) is 42.7 Å². The molecule has 0 radical (unpaired) electrons. The lowest BCUT2D eigenvalue weighted by Gasteiger charge is -2.23. The van der Waals surface area contributed by atoms with E-state index in [2.05, 4.69) is 10.3 Å². The number of methoxy groups -OCH3 is 1. The van der Waals surface area contributed by atoms with Crippen molar-refractivity contribution in [3.05, 3.63) is 81.8 Å². The average Bonchev–Trinajstić information content (AvgIpc) is 3.22. The van der Waals surface area contributed by atoms with Gasteiger partial charge >= 0.3 is 0 Å². The summed E-state index contributed by atoms with van der Waals surface area (Å²) in [5, 5.41) is 2.68. The molecule has 3 N–H and O–H groups in total. The van der Waals surface area contributed by atoms with Crippen LogP contribution in [-0.4, -0.2) is 33.5 Å². The van der Waals surface area contributed by atoms with Crippen molar-refractivity contribution in [1.29, 1.82) is 0 Å². The highest BCUT2D eigenvalue weighted by Gasteiger charge is 2.30. The van der Waals surface area contributed by atoms with Gasteiger partial charge in [-0.1, -0.05) is 30.7 Å². The number of fused-ring (bicyclic) bond motifs is 1. The van der Waals surface area contributed by atoms with Gasteiger partial charge in [-0.25, -0.2) is 14.4 Å². The highest BCUT2D eigenvalue weighted by Crippen LogP contribution is 2.40. The Bertz CT molecular complexity index is 1490. The third-order valence-electron chi connectivity index (χ3n) is 6.38. The number of ether oxygens (including phenoxy) is 2. The minimum absolute atomic E-state index is 0.116. The van der Waals surface area contributed by atoms with E-state index in [4.69, 9.17) is 31.8 Å². The number of nitrogens with zero attached hydrogens (tertiary/aromatic N) is 3. The monoisotopic (exact) mass is 539 g/mol. The Morgan fingerprint density at radius 3 is 2.50 bits per heavy atom. The molecule has 2 atom stereocenters. The molecular formula is C28H31ClFN5O3. The molecular weight excluding hydrogens is 509 g/mol. The summed E-state index contributed by atoms with van der Waals surface area (Å²) in [4.78, 5) is 22.4. The number of anilines is 1. The molecule has 38 heavy (non-hydrogen) atoms. The number of nitrogen functional groups attached to an aromatic ring is 1. The number of benzene rings is 2. The number of aryl methyl sites for hydroxylation is 1. The first-order chi connectivity index (χ1) is 18.0. The summed E-state index contributed by atoms with van der Waals surface area (Å²) >= 11 is 6.36. The number of rotatable bonds is 8. The van der Waals surface area contributed by atoms with Crippen LogP contribution in [0.3, 0.4) is 0 Å². The van der Waals surface area contributed by atoms with Crippen molar-refractivity contribution in [2.75, 3.05) is 12.8 Å². The number of imidazole rings is 1. The minimum atomic E-state index is -0.852. The van der Waals surface area contributed by atoms with Gasteiger partial charge in [-0.2, -0.15) is 0 Å². The SMILES string of the molecule is COc1ccc(C(C)NC(=O)c2c(F)c(Cl)cc(C(C)c3nc(C)c4c(N)nccn34)c2OC(C)C)cc1. The van der Waals surface area contributed by atoms with Crippen LogP contribution < -0.4 is 20.5 Å². The van der Waals surface area contributed by atoms with Gasteiger partial charge in [0.25, 0.3) is 5.91 Å². The standard InChI is InChI=1S/C28H31ClFN5O3/c1-14(2)38-25-20(15(3)27-33-17(5)24-26(31)32-11-12-35(24)27)13-21(29)23(30)22(25)28(36)34-16(4)18-7-9-19(37-6)10-8-18/h7-16H,1-6H3,(H2,31,32)(H,34,36). The molecule has 0 saturated carbocycles. The molecule has 0 aliphatic rings. The van der Waals surface area contributed by atoms with Gasteiger partial charge < -0.3 is 20.5 Å². The molecule has 2 unspecified atom stereocenters. The van der Waals surface area contributed by atoms with Crippen LogP contribution in [0.5, 0.6) is 11.5 Å². The fraction of sp³-hybridized carbons (Fsp3) is 0.321. The molecule has 0 saturated heterocycles. The molecule has 4 aromatic rings. The predicted molar refractivity (Wildman–Crippen MR) is 146 cm³/mol. The number of carbonyl (C=O) groups excluding carboxylic acids is 1. The number of nitrogens with one attached hydrogen (secondary N) is 1. The van der Waals surface area contributed by atoms with Gasteiger partial charge in [-0.3, -0.25) is 9.20 Å². The van der Waals surface area contributed by atoms with Crippen molar-refractivity contribution < 1.29 is 18.7 Å². The second-order valence-corrected chi connectivity index (χ2v) is 9.82. The van der Waals surface area contributed by atoms with E-state index in [9.17, 15) is 4.79 Å². The Morgan fingerprint density at radius 2 is 1.87 bits per heavy atom. The zero-order valence-electron chi connectivity index (χ0n) is 22.2. The van der Waals surface area contributed by atoms with Gasteiger partial charge in [0.05, 0.1) is 30.0 Å². The Morgan fingerprint density at radius 1 is 1.18 bits per heavy atom. The highest BCUT2D eigenvalue weighted by atomic mass is 35.5. The number of hydrogen-bond donors (Lipinski definition) is 2. The molecule has 200 valence electrons. The highest BCUT2D eigenvalue weighted by molar-refractivity contribution is 6.31. The second kappa shape index (κ2) is 10.9. The molecule has 4 rings (SSSR count). The molecule has 2 aromatic heterocycles. The Balaban J connectivity index is 1.80.